The van der Waals surface area contributed by atoms with E-state index in [1.807, 2.05) is 109 Å². The molecular weight excluding hydrogens is 1500 g/mol. The molecule has 0 radical (unpaired) electrons. The number of fused-ring (bicyclic) bond motifs is 12. The van der Waals surface area contributed by atoms with E-state index in [1.165, 1.54) is 142 Å². The van der Waals surface area contributed by atoms with Crippen LogP contribution in [0.25, 0.3) is 125 Å². The Morgan fingerprint density at radius 3 is 1.35 bits per heavy atom. The van der Waals surface area contributed by atoms with Crippen LogP contribution in [0, 0.1) is 61.2 Å². The second kappa shape index (κ2) is 38.6. The van der Waals surface area contributed by atoms with Gasteiger partial charge in [-0.3, -0.25) is 0 Å². The first-order valence-corrected chi connectivity index (χ1v) is 46.2. The second-order valence-corrected chi connectivity index (χ2v) is 39.2. The molecule has 2 nitrogen and oxygen atoms in total. The van der Waals surface area contributed by atoms with Gasteiger partial charge in [-0.1, -0.05) is 401 Å². The Balaban J connectivity index is 0.000000114. The van der Waals surface area contributed by atoms with Crippen molar-refractivity contribution in [2.45, 2.75) is 94.3 Å². The molecule has 3 heterocycles. The van der Waals surface area contributed by atoms with E-state index in [4.69, 9.17) is 4.42 Å². The number of para-hydroxylation sites is 3. The Hall–Kier alpha value is -13.3. The SMILES string of the molecule is Cc1c(F)cc(-c2ccccc2)cc1-c1ccccc1.Cc1ccc(-c2ccccc2)cc1.Cc1ccc([Si](C)(C)C)cc1.Cc1ccc2c(c1)C(C)(C)c1ccccc1-2.Cc1ccc2c(c1)c1ccccc1n2-c1ccccc1.Cc1ccc2c(c1)oc1ccccc12.Cc1ccc2c(c1)sc1ccccc12.Cc1ccccc1-c1ccccc1. The number of benzene rings is 17. The maximum absolute atomic E-state index is 14.2. The van der Waals surface area contributed by atoms with E-state index >= 15 is 0 Å². The van der Waals surface area contributed by atoms with Gasteiger partial charge >= 0.3 is 0 Å². The average Bonchev–Trinajstić information content (AvgIpc) is 1.53. The van der Waals surface area contributed by atoms with Gasteiger partial charge in [0.2, 0.25) is 0 Å². The Bertz CT molecular complexity index is 6720. The lowest BCUT2D eigenvalue weighted by atomic mass is 9.82. The van der Waals surface area contributed by atoms with Gasteiger partial charge < -0.3 is 8.98 Å². The summed E-state index contributed by atoms with van der Waals surface area (Å²) in [6.07, 6.45) is 0. The first-order chi connectivity index (χ1) is 58.6. The first kappa shape index (κ1) is 84.2. The van der Waals surface area contributed by atoms with Crippen LogP contribution in [-0.4, -0.2) is 12.6 Å². The fraction of sp³-hybridized carbons (Fsp3) is 0.121. The molecule has 121 heavy (non-hydrogen) atoms. The third-order valence-corrected chi connectivity index (χ3v) is 25.7. The average molecular weight is 1610 g/mol. The van der Waals surface area contributed by atoms with Gasteiger partial charge in [-0.25, -0.2) is 4.39 Å². The summed E-state index contributed by atoms with van der Waals surface area (Å²) in [5.74, 6) is -0.162. The van der Waals surface area contributed by atoms with E-state index in [0.717, 1.165) is 33.4 Å². The molecule has 21 rings (SSSR count). The summed E-state index contributed by atoms with van der Waals surface area (Å²) in [5.41, 5.74) is 30.6. The van der Waals surface area contributed by atoms with E-state index in [0.29, 0.717) is 5.56 Å². The molecule has 0 saturated carbocycles. The molecule has 0 unspecified atom stereocenters. The summed E-state index contributed by atoms with van der Waals surface area (Å²) < 4.78 is 25.1. The van der Waals surface area contributed by atoms with Crippen molar-refractivity contribution in [1.82, 2.24) is 4.57 Å². The molecule has 0 amide bonds. The minimum Gasteiger partial charge on any atom is -0.456 e. The van der Waals surface area contributed by atoms with Gasteiger partial charge in [-0.05, 0) is 211 Å². The Morgan fingerprint density at radius 1 is 0.281 bits per heavy atom. The smallest absolute Gasteiger partial charge is 0.135 e. The van der Waals surface area contributed by atoms with Crippen LogP contribution in [-0.2, 0) is 5.41 Å². The van der Waals surface area contributed by atoms with Crippen molar-refractivity contribution in [2.24, 2.45) is 0 Å². The van der Waals surface area contributed by atoms with Gasteiger partial charge in [-0.15, -0.1) is 11.3 Å². The van der Waals surface area contributed by atoms with Gasteiger partial charge in [0, 0.05) is 52.8 Å². The highest BCUT2D eigenvalue weighted by Crippen LogP contribution is 2.49. The molecule has 5 heteroatoms. The zero-order valence-electron chi connectivity index (χ0n) is 71.8. The van der Waals surface area contributed by atoms with Crippen molar-refractivity contribution >= 4 is 88.5 Å². The third kappa shape index (κ3) is 20.4. The van der Waals surface area contributed by atoms with Gasteiger partial charge in [-0.2, -0.15) is 0 Å². The molecule has 17 aromatic carbocycles. The molecule has 598 valence electrons. The highest BCUT2D eigenvalue weighted by Gasteiger charge is 2.35. The fourth-order valence-electron chi connectivity index (χ4n) is 15.8. The molecular formula is C116H106FNOSSi. The van der Waals surface area contributed by atoms with E-state index in [1.54, 1.807) is 11.3 Å². The largest absolute Gasteiger partial charge is 0.456 e. The standard InChI is InChI=1S/C19H15F.C19H15N.C16H16.C13H10O.C13H10S.2C13H12.C10H16Si/c1-14-18(16-10-6-3-7-11-16)12-17(13-19(14)20)15-8-4-2-5-9-15;1-14-11-12-19-17(13-14)16-9-5-6-10-18(16)20(19)15-7-3-2-4-8-15;1-11-8-9-13-12-6-4-5-7-14(12)16(2,3)15(13)10-11;2*1-9-6-7-11-10-4-2-3-5-12(10)14-13(11)8-9;1-11-7-5-6-10-13(11)12-8-3-2-4-9-12;1-11-7-9-13(10-8-11)12-5-3-2-4-6-12;1-9-5-7-10(8-6-9)11(2,3)4/h2*2-13H,1H3;4-10H,1-3H3;2*2-8H,1H3;2*2-10H,1H3;5-8H,1-4H3. The van der Waals surface area contributed by atoms with Crippen molar-refractivity contribution in [3.8, 4) is 61.3 Å². The lowest BCUT2D eigenvalue weighted by Crippen LogP contribution is -2.37. The number of thiophene rings is 1. The van der Waals surface area contributed by atoms with E-state index in [-0.39, 0.29) is 11.2 Å². The number of hydrogen-bond acceptors (Lipinski definition) is 2. The molecule has 0 N–H and O–H groups in total. The molecule has 0 saturated heterocycles. The van der Waals surface area contributed by atoms with E-state index in [2.05, 4.69) is 396 Å². The van der Waals surface area contributed by atoms with Crippen LogP contribution < -0.4 is 5.19 Å². The van der Waals surface area contributed by atoms with Crippen molar-refractivity contribution in [2.75, 3.05) is 0 Å². The van der Waals surface area contributed by atoms with Gasteiger partial charge in [0.15, 0.2) is 0 Å². The Kier molecular flexibility index (Phi) is 26.9. The fourth-order valence-corrected chi connectivity index (χ4v) is 18.1. The summed E-state index contributed by atoms with van der Waals surface area (Å²) in [5, 5.41) is 9.35. The highest BCUT2D eigenvalue weighted by molar-refractivity contribution is 7.25. The molecule has 0 fully saturated rings. The summed E-state index contributed by atoms with van der Waals surface area (Å²) in [6, 6.07) is 141. The number of nitrogens with zero attached hydrogens (tertiary/aromatic N) is 1. The van der Waals surface area contributed by atoms with Gasteiger partial charge in [0.1, 0.15) is 17.0 Å². The van der Waals surface area contributed by atoms with Crippen molar-refractivity contribution < 1.29 is 8.81 Å². The Labute approximate surface area is 720 Å². The molecule has 0 spiro atoms. The molecule has 0 aliphatic heterocycles. The maximum atomic E-state index is 14.2. The number of aromatic nitrogens is 1. The van der Waals surface area contributed by atoms with Gasteiger partial charge in [0.05, 0.1) is 19.1 Å². The number of halogens is 1. The predicted octanol–water partition coefficient (Wildman–Crippen LogP) is 33.0. The normalized spacial score (nSPS) is 11.5. The van der Waals surface area contributed by atoms with Crippen molar-refractivity contribution in [1.29, 1.82) is 0 Å². The van der Waals surface area contributed by atoms with Crippen molar-refractivity contribution in [3.05, 3.63) is 468 Å². The minimum absolute atomic E-state index is 0.151. The van der Waals surface area contributed by atoms with E-state index < -0.39 is 8.07 Å². The van der Waals surface area contributed by atoms with Crippen LogP contribution in [0.1, 0.15) is 69.5 Å². The van der Waals surface area contributed by atoms with Crippen LogP contribution in [0.2, 0.25) is 19.6 Å². The lowest BCUT2D eigenvalue weighted by Gasteiger charge is -2.21. The summed E-state index contributed by atoms with van der Waals surface area (Å²) >= 11 is 1.88. The second-order valence-electron chi connectivity index (χ2n) is 33.0. The van der Waals surface area contributed by atoms with Crippen LogP contribution in [0.15, 0.2) is 411 Å². The van der Waals surface area contributed by atoms with Crippen LogP contribution in [0.5, 0.6) is 0 Å². The van der Waals surface area contributed by atoms with Crippen LogP contribution >= 0.6 is 11.3 Å². The monoisotopic (exact) mass is 1610 g/mol. The summed E-state index contributed by atoms with van der Waals surface area (Å²) in [4.78, 5) is 0. The third-order valence-electron chi connectivity index (χ3n) is 22.5. The summed E-state index contributed by atoms with van der Waals surface area (Å²) in [6.45, 7) is 28.5. The zero-order valence-corrected chi connectivity index (χ0v) is 73.6. The lowest BCUT2D eigenvalue weighted by molar-refractivity contribution is 0.619. The van der Waals surface area contributed by atoms with Crippen LogP contribution in [0.3, 0.4) is 0 Å². The van der Waals surface area contributed by atoms with Gasteiger partial charge in [0.25, 0.3) is 0 Å². The molecule has 20 aromatic rings. The summed E-state index contributed by atoms with van der Waals surface area (Å²) in [7, 11) is -1.06. The molecule has 0 bridgehead atoms. The van der Waals surface area contributed by atoms with E-state index in [9.17, 15) is 4.39 Å². The number of rotatable bonds is 6. The molecule has 1 aliphatic rings. The Morgan fingerprint density at radius 2 is 0.711 bits per heavy atom. The number of hydrogen-bond donors (Lipinski definition) is 0. The molecule has 3 aromatic heterocycles. The first-order valence-electron chi connectivity index (χ1n) is 41.9. The molecule has 1 aliphatic carbocycles. The number of aryl methyl sites for hydroxylation is 7. The number of furan rings is 1. The zero-order chi connectivity index (χ0) is 84.6. The predicted molar refractivity (Wildman–Crippen MR) is 526 cm³/mol. The van der Waals surface area contributed by atoms with Crippen molar-refractivity contribution in [3.63, 3.8) is 0 Å². The topological polar surface area (TPSA) is 18.1 Å². The van der Waals surface area contributed by atoms with Crippen LogP contribution in [0.4, 0.5) is 4.39 Å². The molecule has 0 atom stereocenters. The highest BCUT2D eigenvalue weighted by atomic mass is 32.1. The quantitative estimate of drug-likeness (QED) is 0.152. The minimum atomic E-state index is -1.06. The maximum Gasteiger partial charge on any atom is 0.135 e.